The normalized spacial score (nSPS) is 14.3. The van der Waals surface area contributed by atoms with Crippen molar-refractivity contribution < 1.29 is 9.66 Å². The van der Waals surface area contributed by atoms with E-state index in [1.807, 2.05) is 48.0 Å². The highest BCUT2D eigenvalue weighted by molar-refractivity contribution is 5.78. The quantitative estimate of drug-likeness (QED) is 0.354. The first-order chi connectivity index (χ1) is 15.1. The molecule has 31 heavy (non-hydrogen) atoms. The zero-order valence-corrected chi connectivity index (χ0v) is 16.9. The second-order valence-electron chi connectivity index (χ2n) is 7.49. The maximum atomic E-state index is 10.8. The molecule has 0 aliphatic carbocycles. The number of nitrogens with one attached hydrogen (secondary N) is 1. The fourth-order valence-corrected chi connectivity index (χ4v) is 3.81. The molecule has 3 aromatic carbocycles. The Hall–Kier alpha value is -4.13. The van der Waals surface area contributed by atoms with Gasteiger partial charge in [-0.1, -0.05) is 30.3 Å². The highest BCUT2D eigenvalue weighted by atomic mass is 16.6. The van der Waals surface area contributed by atoms with Gasteiger partial charge in [-0.2, -0.15) is 5.10 Å². The number of hydrogen-bond donors (Lipinski definition) is 1. The van der Waals surface area contributed by atoms with Crippen molar-refractivity contribution in [3.63, 3.8) is 0 Å². The molecule has 1 aliphatic heterocycles. The van der Waals surface area contributed by atoms with Crippen molar-refractivity contribution in [1.82, 2.24) is 9.78 Å². The van der Waals surface area contributed by atoms with Gasteiger partial charge in [0.05, 0.1) is 16.3 Å². The van der Waals surface area contributed by atoms with Gasteiger partial charge < -0.3 is 10.1 Å². The predicted octanol–water partition coefficient (Wildman–Crippen LogP) is 5.32. The molecule has 0 fully saturated rings. The number of nitro benzene ring substituents is 1. The largest absolute Gasteiger partial charge is 0.489 e. The standard InChI is InChI=1S/C24H20N4O3/c1-16-14-23-21-4-2-3-5-22(21)25-24(27(23)26-16)18-8-12-20(13-9-18)31-15-17-6-10-19(11-7-17)28(29)30/h2-14,24-25H,15H2,1H3. The van der Waals surface area contributed by atoms with E-state index in [1.165, 1.54) is 12.1 Å². The summed E-state index contributed by atoms with van der Waals surface area (Å²) in [5.74, 6) is 0.732. The van der Waals surface area contributed by atoms with Crippen LogP contribution in [-0.4, -0.2) is 14.7 Å². The van der Waals surface area contributed by atoms with Crippen LogP contribution in [0.1, 0.15) is 23.0 Å². The molecule has 0 saturated carbocycles. The number of anilines is 1. The molecule has 1 N–H and O–H groups in total. The van der Waals surface area contributed by atoms with Crippen LogP contribution in [0.3, 0.4) is 0 Å². The van der Waals surface area contributed by atoms with Gasteiger partial charge >= 0.3 is 0 Å². The minimum Gasteiger partial charge on any atom is -0.489 e. The van der Waals surface area contributed by atoms with Crippen molar-refractivity contribution in [3.05, 3.63) is 106 Å². The summed E-state index contributed by atoms with van der Waals surface area (Å²) in [4.78, 5) is 10.4. The van der Waals surface area contributed by atoms with Gasteiger partial charge in [0.15, 0.2) is 0 Å². The molecule has 1 aromatic heterocycles. The average Bonchev–Trinajstić information content (AvgIpc) is 3.19. The van der Waals surface area contributed by atoms with Crippen molar-refractivity contribution >= 4 is 11.4 Å². The molecule has 154 valence electrons. The second-order valence-corrected chi connectivity index (χ2v) is 7.49. The molecule has 2 heterocycles. The molecule has 1 unspecified atom stereocenters. The Kier molecular flexibility index (Phi) is 4.63. The molecule has 1 atom stereocenters. The zero-order valence-electron chi connectivity index (χ0n) is 16.9. The molecule has 4 aromatic rings. The molecule has 1 aliphatic rings. The number of nitro groups is 1. The number of aryl methyl sites for hydroxylation is 1. The van der Waals surface area contributed by atoms with E-state index in [0.29, 0.717) is 6.61 Å². The lowest BCUT2D eigenvalue weighted by atomic mass is 10.0. The summed E-state index contributed by atoms with van der Waals surface area (Å²) in [7, 11) is 0. The van der Waals surface area contributed by atoms with Gasteiger partial charge in [-0.3, -0.25) is 10.1 Å². The van der Waals surface area contributed by atoms with Gasteiger partial charge in [-0.25, -0.2) is 4.68 Å². The number of aromatic nitrogens is 2. The number of ether oxygens (including phenoxy) is 1. The van der Waals surface area contributed by atoms with Gasteiger partial charge in [0.2, 0.25) is 0 Å². The summed E-state index contributed by atoms with van der Waals surface area (Å²) >= 11 is 0. The number of rotatable bonds is 5. The lowest BCUT2D eigenvalue weighted by molar-refractivity contribution is -0.384. The van der Waals surface area contributed by atoms with Crippen LogP contribution >= 0.6 is 0 Å². The van der Waals surface area contributed by atoms with E-state index < -0.39 is 4.92 Å². The third kappa shape index (κ3) is 3.61. The van der Waals surface area contributed by atoms with Crippen molar-refractivity contribution in [2.75, 3.05) is 5.32 Å². The van der Waals surface area contributed by atoms with Gasteiger partial charge in [-0.05, 0) is 54.4 Å². The average molecular weight is 412 g/mol. The molecule has 0 saturated heterocycles. The second kappa shape index (κ2) is 7.60. The van der Waals surface area contributed by atoms with E-state index in [1.54, 1.807) is 12.1 Å². The van der Waals surface area contributed by atoms with E-state index in [0.717, 1.165) is 39.5 Å². The van der Waals surface area contributed by atoms with Crippen LogP contribution in [0, 0.1) is 17.0 Å². The van der Waals surface area contributed by atoms with E-state index in [-0.39, 0.29) is 11.9 Å². The smallest absolute Gasteiger partial charge is 0.269 e. The number of para-hydroxylation sites is 1. The van der Waals surface area contributed by atoms with Crippen LogP contribution in [0.4, 0.5) is 11.4 Å². The monoisotopic (exact) mass is 412 g/mol. The Morgan fingerprint density at radius 2 is 1.81 bits per heavy atom. The van der Waals surface area contributed by atoms with Crippen LogP contribution in [0.2, 0.25) is 0 Å². The molecule has 7 nitrogen and oxygen atoms in total. The van der Waals surface area contributed by atoms with Crippen molar-refractivity contribution in [3.8, 4) is 17.0 Å². The molecule has 0 radical (unpaired) electrons. The minimum absolute atomic E-state index is 0.0721. The lowest BCUT2D eigenvalue weighted by Crippen LogP contribution is -2.25. The number of hydrogen-bond acceptors (Lipinski definition) is 5. The minimum atomic E-state index is -0.409. The predicted molar refractivity (Wildman–Crippen MR) is 118 cm³/mol. The third-order valence-electron chi connectivity index (χ3n) is 5.35. The maximum Gasteiger partial charge on any atom is 0.269 e. The van der Waals surface area contributed by atoms with Gasteiger partial charge in [-0.15, -0.1) is 0 Å². The number of fused-ring (bicyclic) bond motifs is 3. The summed E-state index contributed by atoms with van der Waals surface area (Å²) < 4.78 is 7.87. The van der Waals surface area contributed by atoms with Gasteiger partial charge in [0.25, 0.3) is 5.69 Å². The molecule has 0 bridgehead atoms. The summed E-state index contributed by atoms with van der Waals surface area (Å²) in [6, 6.07) is 24.6. The number of nitrogens with zero attached hydrogens (tertiary/aromatic N) is 3. The summed E-state index contributed by atoms with van der Waals surface area (Å²) in [6.07, 6.45) is -0.109. The Morgan fingerprint density at radius 1 is 1.06 bits per heavy atom. The van der Waals surface area contributed by atoms with Crippen LogP contribution in [-0.2, 0) is 6.61 Å². The molecule has 7 heteroatoms. The first-order valence-electron chi connectivity index (χ1n) is 9.97. The third-order valence-corrected chi connectivity index (χ3v) is 5.35. The Balaban J connectivity index is 1.34. The fourth-order valence-electron chi connectivity index (χ4n) is 3.81. The van der Waals surface area contributed by atoms with Crippen LogP contribution in [0.15, 0.2) is 78.9 Å². The molecular formula is C24H20N4O3. The SMILES string of the molecule is Cc1cc2n(n1)C(c1ccc(OCc3ccc([N+](=O)[O-])cc3)cc1)Nc1ccccc1-2. The first-order valence-corrected chi connectivity index (χ1v) is 9.97. The van der Waals surface area contributed by atoms with Crippen molar-refractivity contribution in [2.45, 2.75) is 19.7 Å². The Labute approximate surface area is 179 Å². The Bertz CT molecular complexity index is 1250. The molecular weight excluding hydrogens is 392 g/mol. The fraction of sp³-hybridized carbons (Fsp3) is 0.125. The molecule has 0 spiro atoms. The van der Waals surface area contributed by atoms with Gasteiger partial charge in [0.1, 0.15) is 18.5 Å². The molecule has 5 rings (SSSR count). The van der Waals surface area contributed by atoms with Crippen LogP contribution in [0.25, 0.3) is 11.3 Å². The van der Waals surface area contributed by atoms with Crippen molar-refractivity contribution in [2.24, 2.45) is 0 Å². The maximum absolute atomic E-state index is 10.8. The summed E-state index contributed by atoms with van der Waals surface area (Å²) in [6.45, 7) is 2.34. The van der Waals surface area contributed by atoms with Crippen LogP contribution < -0.4 is 10.1 Å². The van der Waals surface area contributed by atoms with Crippen molar-refractivity contribution in [1.29, 1.82) is 0 Å². The number of benzene rings is 3. The van der Waals surface area contributed by atoms with E-state index >= 15 is 0 Å². The zero-order chi connectivity index (χ0) is 21.4. The van der Waals surface area contributed by atoms with E-state index in [4.69, 9.17) is 9.84 Å². The van der Waals surface area contributed by atoms with E-state index in [9.17, 15) is 10.1 Å². The van der Waals surface area contributed by atoms with E-state index in [2.05, 4.69) is 23.5 Å². The first kappa shape index (κ1) is 18.9. The molecule has 0 amide bonds. The van der Waals surface area contributed by atoms with Crippen LogP contribution in [0.5, 0.6) is 5.75 Å². The Morgan fingerprint density at radius 3 is 2.55 bits per heavy atom. The highest BCUT2D eigenvalue weighted by Gasteiger charge is 2.26. The van der Waals surface area contributed by atoms with Gasteiger partial charge in [0, 0.05) is 23.4 Å². The highest BCUT2D eigenvalue weighted by Crippen LogP contribution is 2.38. The topological polar surface area (TPSA) is 82.2 Å². The summed E-state index contributed by atoms with van der Waals surface area (Å²) in [5.41, 5.74) is 6.30. The number of non-ortho nitro benzene ring substituents is 1. The lowest BCUT2D eigenvalue weighted by Gasteiger charge is -2.29. The summed E-state index contributed by atoms with van der Waals surface area (Å²) in [5, 5.41) is 19.0.